The number of rotatable bonds is 2. The molecule has 1 unspecified atom stereocenters. The van der Waals surface area contributed by atoms with E-state index in [4.69, 9.17) is 0 Å². The highest BCUT2D eigenvalue weighted by Crippen LogP contribution is 2.26. The van der Waals surface area contributed by atoms with Gasteiger partial charge in [0.1, 0.15) is 0 Å². The zero-order chi connectivity index (χ0) is 11.7. The average Bonchev–Trinajstić information content (AvgIpc) is 3.00. The molecule has 0 amide bonds. The lowest BCUT2D eigenvalue weighted by atomic mass is 10.1. The van der Waals surface area contributed by atoms with E-state index in [2.05, 4.69) is 81.3 Å². The monoisotopic (exact) mass is 354 g/mol. The van der Waals surface area contributed by atoms with Crippen LogP contribution >= 0.6 is 33.9 Å². The molecule has 2 nitrogen and oxygen atoms in total. The average molecular weight is 354 g/mol. The van der Waals surface area contributed by atoms with Gasteiger partial charge in [-0.25, -0.2) is 5.43 Å². The molecule has 0 saturated carbocycles. The number of thiophene rings is 1. The minimum absolute atomic E-state index is 0.254. The summed E-state index contributed by atoms with van der Waals surface area (Å²) in [4.78, 5) is 1.27. The molecule has 0 aliphatic carbocycles. The standard InChI is InChI=1S/C13H11IN2S/c14-10-5-3-9(4-6-10)11-8-12(16-15-11)13-2-1-7-17-13/h1-8,11,15-16H. The highest BCUT2D eigenvalue weighted by molar-refractivity contribution is 14.1. The van der Waals surface area contributed by atoms with Crippen LogP contribution < -0.4 is 10.9 Å². The first-order chi connectivity index (χ1) is 8.33. The summed E-state index contributed by atoms with van der Waals surface area (Å²) in [6.45, 7) is 0. The van der Waals surface area contributed by atoms with Gasteiger partial charge < -0.3 is 5.43 Å². The molecule has 1 aromatic carbocycles. The summed E-state index contributed by atoms with van der Waals surface area (Å²) in [6.07, 6.45) is 2.23. The van der Waals surface area contributed by atoms with Crippen molar-refractivity contribution in [2.75, 3.05) is 0 Å². The number of hydrogen-bond donors (Lipinski definition) is 2. The third-order valence-corrected chi connectivity index (χ3v) is 4.33. The molecule has 1 aliphatic heterocycles. The summed E-state index contributed by atoms with van der Waals surface area (Å²) in [5.41, 5.74) is 8.99. The van der Waals surface area contributed by atoms with Crippen molar-refractivity contribution in [3.05, 3.63) is 61.9 Å². The fourth-order valence-electron chi connectivity index (χ4n) is 1.83. The van der Waals surface area contributed by atoms with Crippen LogP contribution in [0.15, 0.2) is 47.9 Å². The molecule has 0 saturated heterocycles. The molecule has 0 fully saturated rings. The Labute approximate surface area is 118 Å². The van der Waals surface area contributed by atoms with E-state index in [1.165, 1.54) is 19.7 Å². The smallest absolute Gasteiger partial charge is 0.0714 e. The van der Waals surface area contributed by atoms with Gasteiger partial charge in [-0.05, 0) is 57.8 Å². The third-order valence-electron chi connectivity index (χ3n) is 2.71. The van der Waals surface area contributed by atoms with Crippen LogP contribution in [-0.2, 0) is 0 Å². The predicted molar refractivity (Wildman–Crippen MR) is 80.5 cm³/mol. The van der Waals surface area contributed by atoms with Crippen LogP contribution in [0.2, 0.25) is 0 Å². The molecule has 4 heteroatoms. The molecule has 86 valence electrons. The predicted octanol–water partition coefficient (Wildman–Crippen LogP) is 3.54. The molecule has 2 heterocycles. The van der Waals surface area contributed by atoms with Gasteiger partial charge in [0.15, 0.2) is 0 Å². The number of benzene rings is 1. The lowest BCUT2D eigenvalue weighted by molar-refractivity contribution is 0.616. The minimum atomic E-state index is 0.254. The van der Waals surface area contributed by atoms with Gasteiger partial charge in [0.05, 0.1) is 16.6 Å². The maximum atomic E-state index is 3.29. The quantitative estimate of drug-likeness (QED) is 0.807. The van der Waals surface area contributed by atoms with Gasteiger partial charge in [0.25, 0.3) is 0 Å². The zero-order valence-corrected chi connectivity index (χ0v) is 12.0. The first-order valence-corrected chi connectivity index (χ1v) is 7.31. The highest BCUT2D eigenvalue weighted by Gasteiger charge is 2.17. The molecular formula is C13H11IN2S. The van der Waals surface area contributed by atoms with E-state index >= 15 is 0 Å². The largest absolute Gasteiger partial charge is 0.319 e. The summed E-state index contributed by atoms with van der Waals surface area (Å²) in [7, 11) is 0. The normalized spacial score (nSPS) is 18.9. The fourth-order valence-corrected chi connectivity index (χ4v) is 2.90. The van der Waals surface area contributed by atoms with Gasteiger partial charge >= 0.3 is 0 Å². The van der Waals surface area contributed by atoms with Gasteiger partial charge in [0, 0.05) is 3.57 Å². The maximum absolute atomic E-state index is 3.29. The van der Waals surface area contributed by atoms with E-state index in [0.29, 0.717) is 0 Å². The van der Waals surface area contributed by atoms with Gasteiger partial charge in [-0.3, -0.25) is 0 Å². The molecule has 1 aliphatic rings. The van der Waals surface area contributed by atoms with Crippen molar-refractivity contribution in [3.8, 4) is 0 Å². The van der Waals surface area contributed by atoms with E-state index in [0.717, 1.165) is 0 Å². The molecule has 1 atom stereocenters. The summed E-state index contributed by atoms with van der Waals surface area (Å²) < 4.78 is 1.26. The summed E-state index contributed by atoms with van der Waals surface area (Å²) >= 11 is 4.07. The molecule has 17 heavy (non-hydrogen) atoms. The molecule has 3 rings (SSSR count). The third kappa shape index (κ3) is 2.38. The number of halogens is 1. The second kappa shape index (κ2) is 4.80. The van der Waals surface area contributed by atoms with Crippen molar-refractivity contribution in [1.82, 2.24) is 10.9 Å². The van der Waals surface area contributed by atoms with Crippen LogP contribution in [0.4, 0.5) is 0 Å². The van der Waals surface area contributed by atoms with Gasteiger partial charge in [-0.1, -0.05) is 18.2 Å². The highest BCUT2D eigenvalue weighted by atomic mass is 127. The van der Waals surface area contributed by atoms with Gasteiger partial charge in [-0.2, -0.15) is 0 Å². The minimum Gasteiger partial charge on any atom is -0.319 e. The van der Waals surface area contributed by atoms with E-state index in [1.54, 1.807) is 11.3 Å². The van der Waals surface area contributed by atoms with Crippen LogP contribution in [-0.4, -0.2) is 0 Å². The van der Waals surface area contributed by atoms with Crippen molar-refractivity contribution in [1.29, 1.82) is 0 Å². The Balaban J connectivity index is 1.85. The summed E-state index contributed by atoms with van der Waals surface area (Å²) in [6, 6.07) is 13.0. The van der Waals surface area contributed by atoms with E-state index in [9.17, 15) is 0 Å². The van der Waals surface area contributed by atoms with Gasteiger partial charge in [0.2, 0.25) is 0 Å². The Morgan fingerprint density at radius 1 is 1.12 bits per heavy atom. The van der Waals surface area contributed by atoms with Crippen LogP contribution in [0.1, 0.15) is 16.5 Å². The first-order valence-electron chi connectivity index (χ1n) is 5.35. The number of hydrazine groups is 1. The SMILES string of the molecule is Ic1ccc(C2C=C(c3cccs3)NN2)cc1. The van der Waals surface area contributed by atoms with Crippen molar-refractivity contribution < 1.29 is 0 Å². The molecule has 2 aromatic rings. The van der Waals surface area contributed by atoms with Crippen molar-refractivity contribution in [3.63, 3.8) is 0 Å². The summed E-state index contributed by atoms with van der Waals surface area (Å²) in [5, 5.41) is 2.09. The maximum Gasteiger partial charge on any atom is 0.0714 e. The number of nitrogens with one attached hydrogen (secondary N) is 2. The van der Waals surface area contributed by atoms with E-state index in [1.807, 2.05) is 0 Å². The number of hydrogen-bond acceptors (Lipinski definition) is 3. The fraction of sp³-hybridized carbons (Fsp3) is 0.0769. The Hall–Kier alpha value is -0.850. The molecule has 0 bridgehead atoms. The van der Waals surface area contributed by atoms with Gasteiger partial charge in [-0.15, -0.1) is 11.3 Å². The van der Waals surface area contributed by atoms with E-state index < -0.39 is 0 Å². The van der Waals surface area contributed by atoms with Crippen molar-refractivity contribution >= 4 is 39.6 Å². The zero-order valence-electron chi connectivity index (χ0n) is 8.98. The first kappa shape index (κ1) is 11.3. The van der Waals surface area contributed by atoms with Crippen LogP contribution in [0.5, 0.6) is 0 Å². The lowest BCUT2D eigenvalue weighted by Gasteiger charge is -2.08. The van der Waals surface area contributed by atoms with E-state index in [-0.39, 0.29) is 6.04 Å². The Kier molecular flexibility index (Phi) is 3.17. The van der Waals surface area contributed by atoms with Crippen molar-refractivity contribution in [2.24, 2.45) is 0 Å². The van der Waals surface area contributed by atoms with Crippen molar-refractivity contribution in [2.45, 2.75) is 6.04 Å². The Morgan fingerprint density at radius 2 is 1.94 bits per heavy atom. The van der Waals surface area contributed by atoms with Crippen LogP contribution in [0.3, 0.4) is 0 Å². The Bertz CT molecular complexity index is 531. The molecule has 1 aromatic heterocycles. The Morgan fingerprint density at radius 3 is 2.65 bits per heavy atom. The second-order valence-corrected chi connectivity index (χ2v) is 6.05. The van der Waals surface area contributed by atoms with Crippen LogP contribution in [0, 0.1) is 3.57 Å². The topological polar surface area (TPSA) is 24.1 Å². The molecular weight excluding hydrogens is 343 g/mol. The molecule has 0 spiro atoms. The molecule has 2 N–H and O–H groups in total. The second-order valence-electron chi connectivity index (χ2n) is 3.86. The molecule has 0 radical (unpaired) electrons. The van der Waals surface area contributed by atoms with Crippen LogP contribution in [0.25, 0.3) is 5.70 Å². The summed E-state index contributed by atoms with van der Waals surface area (Å²) in [5.74, 6) is 0. The lowest BCUT2D eigenvalue weighted by Crippen LogP contribution is -2.26.